The molecule has 0 aromatic heterocycles. The first kappa shape index (κ1) is 11.0. The number of nitrogens with one attached hydrogen (secondary N) is 1. The zero-order valence-electron chi connectivity index (χ0n) is 9.75. The van der Waals surface area contributed by atoms with Gasteiger partial charge in [-0.15, -0.1) is 0 Å². The molecule has 0 saturated carbocycles. The molecule has 1 aromatic rings. The second-order valence-corrected chi connectivity index (χ2v) is 4.12. The topological polar surface area (TPSA) is 38.3 Å². The molecular weight excluding hydrogens is 202 g/mol. The van der Waals surface area contributed by atoms with Crippen LogP contribution in [0.5, 0.6) is 5.75 Å². The molecule has 1 unspecified atom stereocenters. The molecule has 1 aliphatic carbocycles. The number of aryl methyl sites for hydroxylation is 1. The first-order valence-electron chi connectivity index (χ1n) is 5.64. The van der Waals surface area contributed by atoms with Gasteiger partial charge in [0.1, 0.15) is 5.75 Å². The highest BCUT2D eigenvalue weighted by molar-refractivity contribution is 5.84. The van der Waals surface area contributed by atoms with Crippen molar-refractivity contribution in [3.63, 3.8) is 0 Å². The van der Waals surface area contributed by atoms with Gasteiger partial charge in [-0.1, -0.05) is 6.07 Å². The molecule has 16 heavy (non-hydrogen) atoms. The van der Waals surface area contributed by atoms with Crippen molar-refractivity contribution in [3.8, 4) is 5.75 Å². The van der Waals surface area contributed by atoms with Gasteiger partial charge in [-0.25, -0.2) is 0 Å². The number of methoxy groups -OCH3 is 1. The Bertz CT molecular complexity index is 401. The molecule has 3 nitrogen and oxygen atoms in total. The number of carbonyl (C=O) groups excluding carboxylic acids is 1. The number of likely N-dealkylation sites (N-methyl/N-ethyl adjacent to an activating group) is 1. The molecule has 1 atom stereocenters. The lowest BCUT2D eigenvalue weighted by Crippen LogP contribution is -2.28. The van der Waals surface area contributed by atoms with Crippen LogP contribution in [0.1, 0.15) is 29.9 Å². The SMILES string of the molecule is CNC(=O)C1CCCc2cc(OC)ccc21. The van der Waals surface area contributed by atoms with E-state index in [4.69, 9.17) is 4.74 Å². The molecule has 0 bridgehead atoms. The molecule has 0 saturated heterocycles. The third-order valence-electron chi connectivity index (χ3n) is 3.23. The van der Waals surface area contributed by atoms with Crippen molar-refractivity contribution in [2.75, 3.05) is 14.2 Å². The average molecular weight is 219 g/mol. The normalized spacial score (nSPS) is 18.8. The van der Waals surface area contributed by atoms with Crippen LogP contribution in [0.15, 0.2) is 18.2 Å². The minimum absolute atomic E-state index is 0.0136. The summed E-state index contributed by atoms with van der Waals surface area (Å²) in [5.74, 6) is 1.00. The van der Waals surface area contributed by atoms with Crippen molar-refractivity contribution >= 4 is 5.91 Å². The molecule has 0 radical (unpaired) electrons. The molecule has 1 N–H and O–H groups in total. The van der Waals surface area contributed by atoms with Gasteiger partial charge in [0, 0.05) is 7.05 Å². The van der Waals surface area contributed by atoms with E-state index >= 15 is 0 Å². The van der Waals surface area contributed by atoms with E-state index < -0.39 is 0 Å². The van der Waals surface area contributed by atoms with E-state index in [0.29, 0.717) is 0 Å². The van der Waals surface area contributed by atoms with Gasteiger partial charge in [0.15, 0.2) is 0 Å². The largest absolute Gasteiger partial charge is 0.497 e. The van der Waals surface area contributed by atoms with E-state index in [2.05, 4.69) is 5.32 Å². The van der Waals surface area contributed by atoms with E-state index in [-0.39, 0.29) is 11.8 Å². The van der Waals surface area contributed by atoms with Crippen LogP contribution in [0, 0.1) is 0 Å². The third-order valence-corrected chi connectivity index (χ3v) is 3.23. The van der Waals surface area contributed by atoms with Gasteiger partial charge < -0.3 is 10.1 Å². The molecule has 0 fully saturated rings. The summed E-state index contributed by atoms with van der Waals surface area (Å²) >= 11 is 0. The fraction of sp³-hybridized carbons (Fsp3) is 0.462. The Balaban J connectivity index is 2.36. The minimum atomic E-state index is 0.0136. The molecule has 0 aliphatic heterocycles. The smallest absolute Gasteiger partial charge is 0.227 e. The summed E-state index contributed by atoms with van der Waals surface area (Å²) in [6, 6.07) is 6.00. The zero-order valence-corrected chi connectivity index (χ0v) is 9.75. The number of ether oxygens (including phenoxy) is 1. The van der Waals surface area contributed by atoms with E-state index in [1.54, 1.807) is 14.2 Å². The summed E-state index contributed by atoms with van der Waals surface area (Å²) in [7, 11) is 3.36. The molecule has 1 aliphatic rings. The fourth-order valence-electron chi connectivity index (χ4n) is 2.36. The van der Waals surface area contributed by atoms with Gasteiger partial charge in [-0.3, -0.25) is 4.79 Å². The van der Waals surface area contributed by atoms with Gasteiger partial charge >= 0.3 is 0 Å². The molecule has 2 rings (SSSR count). The fourth-order valence-corrected chi connectivity index (χ4v) is 2.36. The monoisotopic (exact) mass is 219 g/mol. The van der Waals surface area contributed by atoms with Crippen LogP contribution in [0.25, 0.3) is 0 Å². The number of benzene rings is 1. The van der Waals surface area contributed by atoms with Crippen LogP contribution in [0.3, 0.4) is 0 Å². The number of carbonyl (C=O) groups is 1. The Labute approximate surface area is 95.8 Å². The predicted octanol–water partition coefficient (Wildman–Crippen LogP) is 1.86. The van der Waals surface area contributed by atoms with Gasteiger partial charge in [0.2, 0.25) is 5.91 Å². The molecule has 1 amide bonds. The van der Waals surface area contributed by atoms with E-state index in [1.165, 1.54) is 5.56 Å². The lowest BCUT2D eigenvalue weighted by molar-refractivity contribution is -0.122. The second-order valence-electron chi connectivity index (χ2n) is 4.12. The van der Waals surface area contributed by atoms with Crippen molar-refractivity contribution in [2.24, 2.45) is 0 Å². The number of amides is 1. The Kier molecular flexibility index (Phi) is 3.13. The minimum Gasteiger partial charge on any atom is -0.497 e. The summed E-state index contributed by atoms with van der Waals surface area (Å²) in [6.45, 7) is 0. The molecule has 0 heterocycles. The highest BCUT2D eigenvalue weighted by atomic mass is 16.5. The first-order valence-corrected chi connectivity index (χ1v) is 5.64. The quantitative estimate of drug-likeness (QED) is 0.824. The maximum absolute atomic E-state index is 11.7. The summed E-state index contributed by atoms with van der Waals surface area (Å²) in [6.07, 6.45) is 3.05. The van der Waals surface area contributed by atoms with Crippen molar-refractivity contribution in [3.05, 3.63) is 29.3 Å². The van der Waals surface area contributed by atoms with Crippen molar-refractivity contribution in [2.45, 2.75) is 25.2 Å². The van der Waals surface area contributed by atoms with Crippen molar-refractivity contribution < 1.29 is 9.53 Å². The number of hydrogen-bond acceptors (Lipinski definition) is 2. The van der Waals surface area contributed by atoms with E-state index in [0.717, 1.165) is 30.6 Å². The summed E-state index contributed by atoms with van der Waals surface area (Å²) < 4.78 is 5.20. The molecule has 86 valence electrons. The van der Waals surface area contributed by atoms with Crippen molar-refractivity contribution in [1.29, 1.82) is 0 Å². The lowest BCUT2D eigenvalue weighted by atomic mass is 9.82. The average Bonchev–Trinajstić information content (AvgIpc) is 2.36. The summed E-state index contributed by atoms with van der Waals surface area (Å²) in [5.41, 5.74) is 2.41. The second kappa shape index (κ2) is 4.56. The van der Waals surface area contributed by atoms with E-state index in [9.17, 15) is 4.79 Å². The number of rotatable bonds is 2. The van der Waals surface area contributed by atoms with Crippen molar-refractivity contribution in [1.82, 2.24) is 5.32 Å². The van der Waals surface area contributed by atoms with Crippen LogP contribution in [0.2, 0.25) is 0 Å². The Morgan fingerprint density at radius 1 is 1.50 bits per heavy atom. The number of hydrogen-bond donors (Lipinski definition) is 1. The van der Waals surface area contributed by atoms with Gasteiger partial charge in [0.25, 0.3) is 0 Å². The van der Waals surface area contributed by atoms with Gasteiger partial charge in [0.05, 0.1) is 13.0 Å². The standard InChI is InChI=1S/C13H17NO2/c1-14-13(15)12-5-3-4-9-8-10(16-2)6-7-11(9)12/h6-8,12H,3-5H2,1-2H3,(H,14,15). The molecule has 1 aromatic carbocycles. The van der Waals surface area contributed by atoms with Crippen LogP contribution < -0.4 is 10.1 Å². The number of fused-ring (bicyclic) bond motifs is 1. The first-order chi connectivity index (χ1) is 7.76. The predicted molar refractivity (Wildman–Crippen MR) is 62.7 cm³/mol. The van der Waals surface area contributed by atoms with Crippen LogP contribution >= 0.6 is 0 Å². The van der Waals surface area contributed by atoms with Crippen LogP contribution in [-0.2, 0) is 11.2 Å². The molecule has 0 spiro atoms. The maximum atomic E-state index is 11.7. The van der Waals surface area contributed by atoms with Crippen LogP contribution in [0.4, 0.5) is 0 Å². The summed E-state index contributed by atoms with van der Waals surface area (Å²) in [4.78, 5) is 11.7. The lowest BCUT2D eigenvalue weighted by Gasteiger charge is -2.24. The zero-order chi connectivity index (χ0) is 11.5. The van der Waals surface area contributed by atoms with Gasteiger partial charge in [-0.2, -0.15) is 0 Å². The van der Waals surface area contributed by atoms with Crippen LogP contribution in [-0.4, -0.2) is 20.1 Å². The third kappa shape index (κ3) is 1.90. The maximum Gasteiger partial charge on any atom is 0.227 e. The molecular formula is C13H17NO2. The Morgan fingerprint density at radius 2 is 2.31 bits per heavy atom. The highest BCUT2D eigenvalue weighted by Gasteiger charge is 2.25. The van der Waals surface area contributed by atoms with E-state index in [1.807, 2.05) is 18.2 Å². The van der Waals surface area contributed by atoms with Gasteiger partial charge in [-0.05, 0) is 42.5 Å². The summed E-state index contributed by atoms with van der Waals surface area (Å²) in [5, 5.41) is 2.73. The Morgan fingerprint density at radius 3 is 3.00 bits per heavy atom. The Hall–Kier alpha value is -1.51. The molecule has 3 heteroatoms. The highest BCUT2D eigenvalue weighted by Crippen LogP contribution is 2.33.